The smallest absolute Gasteiger partial charge is 0.366 e. The van der Waals surface area contributed by atoms with E-state index >= 15 is 0 Å². The number of alkyl halides is 3. The third kappa shape index (κ3) is 1.62. The minimum Gasteiger partial charge on any atom is -0.366 e. The van der Waals surface area contributed by atoms with E-state index in [0.29, 0.717) is 5.39 Å². The van der Waals surface area contributed by atoms with Gasteiger partial charge in [-0.3, -0.25) is 9.36 Å². The number of benzene rings is 1. The average molecular weight is 228 g/mol. The van der Waals surface area contributed by atoms with E-state index in [4.69, 9.17) is 5.73 Å². The Bertz CT molecular complexity index is 557. The van der Waals surface area contributed by atoms with Crippen LogP contribution in [0.3, 0.4) is 0 Å². The molecular weight excluding hydrogens is 221 g/mol. The second kappa shape index (κ2) is 3.26. The average Bonchev–Trinajstić information content (AvgIpc) is 2.58. The van der Waals surface area contributed by atoms with Crippen LogP contribution < -0.4 is 5.73 Å². The highest BCUT2D eigenvalue weighted by Gasteiger charge is 2.31. The molecule has 0 aliphatic heterocycles. The first-order chi connectivity index (χ1) is 7.39. The fourth-order valence-electron chi connectivity index (χ4n) is 1.50. The van der Waals surface area contributed by atoms with Gasteiger partial charge < -0.3 is 5.73 Å². The van der Waals surface area contributed by atoms with E-state index in [1.165, 1.54) is 18.2 Å². The van der Waals surface area contributed by atoms with Gasteiger partial charge >= 0.3 is 6.30 Å². The van der Waals surface area contributed by atoms with E-state index in [9.17, 15) is 18.0 Å². The molecule has 0 fully saturated rings. The van der Waals surface area contributed by atoms with Gasteiger partial charge in [0.1, 0.15) is 0 Å². The third-order valence-electron chi connectivity index (χ3n) is 2.25. The lowest BCUT2D eigenvalue weighted by Gasteiger charge is -2.09. The second-order valence-corrected chi connectivity index (χ2v) is 3.29. The van der Waals surface area contributed by atoms with Crippen molar-refractivity contribution in [2.24, 2.45) is 5.73 Å². The maximum atomic E-state index is 12.5. The number of hydrogen-bond donors (Lipinski definition) is 1. The minimum atomic E-state index is -4.50. The SMILES string of the molecule is NC(=O)c1ccc2ccn(C(F)(F)F)c2c1. The summed E-state index contributed by atoms with van der Waals surface area (Å²) in [4.78, 5) is 10.9. The van der Waals surface area contributed by atoms with Crippen LogP contribution in [0.4, 0.5) is 13.2 Å². The van der Waals surface area contributed by atoms with Crippen LogP contribution in [0.5, 0.6) is 0 Å². The van der Waals surface area contributed by atoms with Crippen molar-refractivity contribution >= 4 is 16.8 Å². The molecule has 1 amide bonds. The molecule has 2 N–H and O–H groups in total. The topological polar surface area (TPSA) is 48.0 Å². The molecule has 0 aliphatic carbocycles. The highest BCUT2D eigenvalue weighted by molar-refractivity contribution is 5.97. The lowest BCUT2D eigenvalue weighted by Crippen LogP contribution is -2.16. The Morgan fingerprint density at radius 3 is 2.50 bits per heavy atom. The summed E-state index contributed by atoms with van der Waals surface area (Å²) in [5.74, 6) is -0.753. The first-order valence-corrected chi connectivity index (χ1v) is 4.38. The maximum absolute atomic E-state index is 12.5. The summed E-state index contributed by atoms with van der Waals surface area (Å²) in [7, 11) is 0. The van der Waals surface area contributed by atoms with Gasteiger partial charge in [-0.15, -0.1) is 13.2 Å². The number of nitrogens with two attached hydrogens (primary N) is 1. The molecule has 1 heterocycles. The number of aromatic nitrogens is 1. The number of primary amides is 1. The standard InChI is InChI=1S/C10H7F3N2O/c11-10(12,13)15-4-3-6-1-2-7(9(14)16)5-8(6)15/h1-5H,(H2,14,16). The van der Waals surface area contributed by atoms with Gasteiger partial charge in [0.05, 0.1) is 5.52 Å². The van der Waals surface area contributed by atoms with Gasteiger partial charge in [0.25, 0.3) is 0 Å². The summed E-state index contributed by atoms with van der Waals surface area (Å²) in [6.07, 6.45) is -3.59. The number of rotatable bonds is 1. The minimum absolute atomic E-state index is 0.0525. The number of amides is 1. The van der Waals surface area contributed by atoms with Crippen molar-refractivity contribution in [2.75, 3.05) is 0 Å². The van der Waals surface area contributed by atoms with Crippen molar-refractivity contribution in [3.8, 4) is 0 Å². The van der Waals surface area contributed by atoms with Crippen LogP contribution in [-0.2, 0) is 6.30 Å². The molecule has 6 heteroatoms. The number of carbonyl (C=O) groups excluding carboxylic acids is 1. The van der Waals surface area contributed by atoms with Gasteiger partial charge in [0.15, 0.2) is 0 Å². The molecule has 1 aromatic heterocycles. The number of carbonyl (C=O) groups is 1. The Morgan fingerprint density at radius 2 is 1.94 bits per heavy atom. The Hall–Kier alpha value is -1.98. The summed E-state index contributed by atoms with van der Waals surface area (Å²) in [5, 5.41) is 0.405. The van der Waals surface area contributed by atoms with E-state index in [0.717, 1.165) is 12.3 Å². The van der Waals surface area contributed by atoms with Gasteiger partial charge in [-0.05, 0) is 23.6 Å². The Kier molecular flexibility index (Phi) is 2.15. The highest BCUT2D eigenvalue weighted by atomic mass is 19.4. The second-order valence-electron chi connectivity index (χ2n) is 3.29. The molecule has 0 bridgehead atoms. The number of nitrogens with zero attached hydrogens (tertiary/aromatic N) is 1. The molecule has 0 saturated carbocycles. The highest BCUT2D eigenvalue weighted by Crippen LogP contribution is 2.28. The van der Waals surface area contributed by atoms with Crippen LogP contribution >= 0.6 is 0 Å². The summed E-state index contributed by atoms with van der Waals surface area (Å²) in [6.45, 7) is 0. The summed E-state index contributed by atoms with van der Waals surface area (Å²) in [5.41, 5.74) is 4.98. The summed E-state index contributed by atoms with van der Waals surface area (Å²) >= 11 is 0. The van der Waals surface area contributed by atoms with Crippen molar-refractivity contribution in [1.82, 2.24) is 4.57 Å². The zero-order valence-corrected chi connectivity index (χ0v) is 7.95. The fourth-order valence-corrected chi connectivity index (χ4v) is 1.50. The van der Waals surface area contributed by atoms with Crippen LogP contribution in [-0.4, -0.2) is 10.5 Å². The number of fused-ring (bicyclic) bond motifs is 1. The van der Waals surface area contributed by atoms with Gasteiger partial charge in [-0.2, -0.15) is 0 Å². The van der Waals surface area contributed by atoms with E-state index in [-0.39, 0.29) is 15.6 Å². The van der Waals surface area contributed by atoms with Crippen molar-refractivity contribution in [3.63, 3.8) is 0 Å². The third-order valence-corrected chi connectivity index (χ3v) is 2.25. The maximum Gasteiger partial charge on any atom is 0.488 e. The molecule has 0 unspecified atom stereocenters. The van der Waals surface area contributed by atoms with E-state index in [1.54, 1.807) is 0 Å². The molecule has 0 aliphatic rings. The van der Waals surface area contributed by atoms with E-state index in [1.807, 2.05) is 0 Å². The first-order valence-electron chi connectivity index (χ1n) is 4.38. The van der Waals surface area contributed by atoms with Crippen LogP contribution in [0.1, 0.15) is 10.4 Å². The van der Waals surface area contributed by atoms with Crippen molar-refractivity contribution < 1.29 is 18.0 Å². The number of halogens is 3. The Labute approximate surface area is 88.3 Å². The molecule has 3 nitrogen and oxygen atoms in total. The molecule has 84 valence electrons. The van der Waals surface area contributed by atoms with Gasteiger partial charge in [0.2, 0.25) is 5.91 Å². The normalized spacial score (nSPS) is 11.9. The van der Waals surface area contributed by atoms with Gasteiger partial charge in [0, 0.05) is 11.8 Å². The molecule has 16 heavy (non-hydrogen) atoms. The zero-order valence-electron chi connectivity index (χ0n) is 7.95. The summed E-state index contributed by atoms with van der Waals surface area (Å²) in [6, 6.07) is 5.28. The molecule has 0 spiro atoms. The number of hydrogen-bond acceptors (Lipinski definition) is 1. The molecule has 0 saturated heterocycles. The van der Waals surface area contributed by atoms with Crippen LogP contribution in [0.2, 0.25) is 0 Å². The summed E-state index contributed by atoms with van der Waals surface area (Å²) < 4.78 is 37.7. The Balaban J connectivity index is 2.70. The molecular formula is C10H7F3N2O. The van der Waals surface area contributed by atoms with Crippen LogP contribution in [0.25, 0.3) is 10.9 Å². The molecule has 0 radical (unpaired) electrons. The lowest BCUT2D eigenvalue weighted by molar-refractivity contribution is -0.200. The van der Waals surface area contributed by atoms with Crippen LogP contribution in [0.15, 0.2) is 30.5 Å². The monoisotopic (exact) mass is 228 g/mol. The largest absolute Gasteiger partial charge is 0.488 e. The van der Waals surface area contributed by atoms with Gasteiger partial charge in [-0.1, -0.05) is 6.07 Å². The van der Waals surface area contributed by atoms with E-state index < -0.39 is 12.2 Å². The zero-order chi connectivity index (χ0) is 11.9. The molecule has 2 aromatic rings. The fraction of sp³-hybridized carbons (Fsp3) is 0.100. The predicted octanol–water partition coefficient (Wildman–Crippen LogP) is 2.22. The van der Waals surface area contributed by atoms with Gasteiger partial charge in [-0.25, -0.2) is 0 Å². The predicted molar refractivity (Wildman–Crippen MR) is 51.8 cm³/mol. The first kappa shape index (κ1) is 10.5. The molecule has 2 rings (SSSR count). The lowest BCUT2D eigenvalue weighted by atomic mass is 10.1. The van der Waals surface area contributed by atoms with Crippen molar-refractivity contribution in [3.05, 3.63) is 36.0 Å². The molecule has 1 aromatic carbocycles. The quantitative estimate of drug-likeness (QED) is 0.799. The Morgan fingerprint density at radius 1 is 1.25 bits per heavy atom. The van der Waals surface area contributed by atoms with E-state index in [2.05, 4.69) is 0 Å². The van der Waals surface area contributed by atoms with Crippen LogP contribution in [0, 0.1) is 0 Å². The molecule has 0 atom stereocenters. The van der Waals surface area contributed by atoms with Crippen molar-refractivity contribution in [2.45, 2.75) is 6.30 Å². The van der Waals surface area contributed by atoms with Crippen molar-refractivity contribution in [1.29, 1.82) is 0 Å².